The van der Waals surface area contributed by atoms with Crippen LogP contribution < -0.4 is 97.1 Å². The Morgan fingerprint density at radius 2 is 1.38 bits per heavy atom. The Morgan fingerprint density at radius 1 is 0.750 bits per heavy atom. The molecule has 14 heteroatoms. The van der Waals surface area contributed by atoms with Crippen LogP contribution in [-0.4, -0.2) is 46.3 Å². The molecule has 0 bridgehead atoms. The standard InChI is InChI=1S/C26H26NO10P.2Na/c1-32-16-7-8-17-18(13-16)27-24(14-6-9-19(33-2)20(10-14)37-38(29,30)31)23(17)25(28)15-11-21(34-3)26(36-5)22(12-15)35-4;;/h6-13,27H,1-5H3,(H2,29,30,31);;/q;2*+1/p-2. The van der Waals surface area contributed by atoms with E-state index >= 15 is 0 Å². The van der Waals surface area contributed by atoms with Crippen molar-refractivity contribution in [3.63, 3.8) is 0 Å². The second kappa shape index (κ2) is 14.1. The second-order valence-corrected chi connectivity index (χ2v) is 9.01. The Labute approximate surface area is 274 Å². The fourth-order valence-electron chi connectivity index (χ4n) is 4.14. The molecule has 0 saturated heterocycles. The van der Waals surface area contributed by atoms with Crippen LogP contribution in [0.5, 0.6) is 34.5 Å². The van der Waals surface area contributed by atoms with Gasteiger partial charge in [-0.05, 0) is 42.5 Å². The summed E-state index contributed by atoms with van der Waals surface area (Å²) in [6, 6.07) is 12.5. The summed E-state index contributed by atoms with van der Waals surface area (Å²) in [5, 5.41) is 0.566. The normalized spacial score (nSPS) is 10.7. The molecule has 1 aromatic heterocycles. The molecule has 40 heavy (non-hydrogen) atoms. The van der Waals surface area contributed by atoms with E-state index in [9.17, 15) is 19.1 Å². The van der Waals surface area contributed by atoms with Crippen molar-refractivity contribution in [3.05, 3.63) is 59.7 Å². The maximum absolute atomic E-state index is 14.0. The maximum atomic E-state index is 14.0. The number of H-pyrrole nitrogens is 1. The van der Waals surface area contributed by atoms with Crippen LogP contribution in [0.1, 0.15) is 15.9 Å². The van der Waals surface area contributed by atoms with Crippen LogP contribution in [0.3, 0.4) is 0 Å². The largest absolute Gasteiger partial charge is 1.00 e. The number of phosphoric acid groups is 1. The van der Waals surface area contributed by atoms with Crippen LogP contribution in [0.2, 0.25) is 0 Å². The summed E-state index contributed by atoms with van der Waals surface area (Å²) in [5.74, 6) is 0.769. The van der Waals surface area contributed by atoms with E-state index in [2.05, 4.69) is 9.51 Å². The molecule has 1 N–H and O–H groups in total. The quantitative estimate of drug-likeness (QED) is 0.118. The number of benzene rings is 3. The first kappa shape index (κ1) is 34.0. The molecule has 0 unspecified atom stereocenters. The molecule has 0 aliphatic rings. The van der Waals surface area contributed by atoms with Gasteiger partial charge in [-0.1, -0.05) is 0 Å². The number of hydrogen-bond acceptors (Lipinski definition) is 10. The molecule has 0 amide bonds. The number of nitrogens with one attached hydrogen (secondary N) is 1. The molecular weight excluding hydrogens is 563 g/mol. The first-order valence-corrected chi connectivity index (χ1v) is 12.5. The third kappa shape index (κ3) is 6.99. The Morgan fingerprint density at radius 3 is 1.90 bits per heavy atom. The molecule has 4 aromatic rings. The molecule has 11 nitrogen and oxygen atoms in total. The number of ketones is 1. The number of rotatable bonds is 10. The molecule has 0 spiro atoms. The van der Waals surface area contributed by atoms with Crippen molar-refractivity contribution >= 4 is 24.5 Å². The van der Waals surface area contributed by atoms with E-state index in [-0.39, 0.29) is 81.7 Å². The van der Waals surface area contributed by atoms with E-state index in [1.807, 2.05) is 0 Å². The van der Waals surface area contributed by atoms with Crippen molar-refractivity contribution < 1.29 is 106 Å². The van der Waals surface area contributed by atoms with E-state index < -0.39 is 13.6 Å². The minimum absolute atomic E-state index is 0. The molecule has 0 saturated carbocycles. The van der Waals surface area contributed by atoms with Gasteiger partial charge in [-0.25, -0.2) is 0 Å². The summed E-state index contributed by atoms with van der Waals surface area (Å²) in [6.07, 6.45) is 0. The number of phosphoric ester groups is 1. The first-order chi connectivity index (χ1) is 18.1. The molecule has 4 rings (SSSR count). The van der Waals surface area contributed by atoms with Crippen LogP contribution in [-0.2, 0) is 4.57 Å². The van der Waals surface area contributed by atoms with Gasteiger partial charge < -0.3 is 47.5 Å². The van der Waals surface area contributed by atoms with E-state index in [1.165, 1.54) is 59.8 Å². The number of hydrogen-bond donors (Lipinski definition) is 1. The second-order valence-electron chi connectivity index (χ2n) is 7.93. The van der Waals surface area contributed by atoms with Gasteiger partial charge in [0, 0.05) is 22.6 Å². The topological polar surface area (TPSA) is 151 Å². The van der Waals surface area contributed by atoms with Crippen LogP contribution in [0.25, 0.3) is 22.2 Å². The van der Waals surface area contributed by atoms with Crippen LogP contribution in [0.15, 0.2) is 48.5 Å². The third-order valence-corrected chi connectivity index (χ3v) is 6.24. The summed E-state index contributed by atoms with van der Waals surface area (Å²) in [5.41, 5.74) is 1.78. The number of aromatic amines is 1. The molecule has 0 aliphatic carbocycles. The zero-order chi connectivity index (χ0) is 27.6. The van der Waals surface area contributed by atoms with Gasteiger partial charge in [-0.2, -0.15) is 0 Å². The number of ether oxygens (including phenoxy) is 5. The number of carbonyl (C=O) groups is 1. The zero-order valence-electron chi connectivity index (χ0n) is 23.1. The van der Waals surface area contributed by atoms with Gasteiger partial charge in [-0.3, -0.25) is 4.79 Å². The van der Waals surface area contributed by atoms with Crippen LogP contribution >= 0.6 is 7.82 Å². The van der Waals surface area contributed by atoms with E-state index in [0.29, 0.717) is 45.2 Å². The summed E-state index contributed by atoms with van der Waals surface area (Å²) in [7, 11) is 1.77. The smallest absolute Gasteiger partial charge is 0.780 e. The van der Waals surface area contributed by atoms with Crippen LogP contribution in [0.4, 0.5) is 0 Å². The summed E-state index contributed by atoms with van der Waals surface area (Å²) < 4.78 is 42.6. The van der Waals surface area contributed by atoms with Crippen molar-refractivity contribution in [3.8, 4) is 45.8 Å². The molecule has 1 heterocycles. The van der Waals surface area contributed by atoms with Crippen LogP contribution in [0, 0.1) is 0 Å². The van der Waals surface area contributed by atoms with Gasteiger partial charge in [0.05, 0.1) is 52.3 Å². The molecule has 0 radical (unpaired) electrons. The van der Waals surface area contributed by atoms with E-state index in [4.69, 9.17) is 23.7 Å². The Kier molecular flexibility index (Phi) is 12.0. The van der Waals surface area contributed by atoms with Crippen molar-refractivity contribution in [2.45, 2.75) is 0 Å². The number of methoxy groups -OCH3 is 5. The Balaban J connectivity index is 0.00000280. The third-order valence-electron chi connectivity index (χ3n) is 5.82. The van der Waals surface area contributed by atoms with Crippen molar-refractivity contribution in [2.24, 2.45) is 0 Å². The van der Waals surface area contributed by atoms with Gasteiger partial charge in [0.25, 0.3) is 0 Å². The van der Waals surface area contributed by atoms with E-state index in [1.54, 1.807) is 24.3 Å². The average molecular weight is 587 g/mol. The van der Waals surface area contributed by atoms with Crippen molar-refractivity contribution in [1.29, 1.82) is 0 Å². The van der Waals surface area contributed by atoms with Gasteiger partial charge in [-0.15, -0.1) is 0 Å². The molecule has 0 fully saturated rings. The fourth-order valence-corrected chi connectivity index (χ4v) is 4.52. The molecule has 3 aromatic carbocycles. The maximum Gasteiger partial charge on any atom is 1.00 e. The molecular formula is C26H24NNa2O10P. The zero-order valence-corrected chi connectivity index (χ0v) is 28.0. The molecule has 0 atom stereocenters. The SMILES string of the molecule is COc1ccc2c(C(=O)c3cc(OC)c(OC)c(OC)c3)c(-c3ccc(OC)c(OP(=O)([O-])[O-])c3)[nH]c2c1.[Na+].[Na+]. The Bertz CT molecular complexity index is 1540. The van der Waals surface area contributed by atoms with Gasteiger partial charge >= 0.3 is 59.1 Å². The van der Waals surface area contributed by atoms with E-state index in [0.717, 1.165) is 0 Å². The summed E-state index contributed by atoms with van der Waals surface area (Å²) in [4.78, 5) is 39.9. The average Bonchev–Trinajstić information content (AvgIpc) is 3.29. The Hall–Kier alpha value is -2.18. The number of aromatic nitrogens is 1. The van der Waals surface area contributed by atoms with Gasteiger partial charge in [0.15, 0.2) is 28.8 Å². The van der Waals surface area contributed by atoms with Gasteiger partial charge in [0.2, 0.25) is 5.75 Å². The van der Waals surface area contributed by atoms with Gasteiger partial charge in [0.1, 0.15) is 13.6 Å². The predicted molar refractivity (Wildman–Crippen MR) is 135 cm³/mol. The predicted octanol–water partition coefficient (Wildman–Crippen LogP) is -2.68. The summed E-state index contributed by atoms with van der Waals surface area (Å²) >= 11 is 0. The summed E-state index contributed by atoms with van der Waals surface area (Å²) in [6.45, 7) is 0. The minimum Gasteiger partial charge on any atom is -0.780 e. The van der Waals surface area contributed by atoms with Crippen molar-refractivity contribution in [2.75, 3.05) is 35.5 Å². The fraction of sp³-hybridized carbons (Fsp3) is 0.192. The monoisotopic (exact) mass is 587 g/mol. The molecule has 0 aliphatic heterocycles. The first-order valence-electron chi connectivity index (χ1n) is 11.1. The molecule has 200 valence electrons. The number of carbonyl (C=O) groups excluding carboxylic acids is 1. The number of fused-ring (bicyclic) bond motifs is 1. The van der Waals surface area contributed by atoms with Crippen molar-refractivity contribution in [1.82, 2.24) is 4.98 Å². The minimum atomic E-state index is -5.40.